The molecule has 0 radical (unpaired) electrons. The Kier molecular flexibility index (Phi) is 3.86. The third kappa shape index (κ3) is 2.81. The first-order valence-electron chi connectivity index (χ1n) is 9.04. The number of hydrogen-bond acceptors (Lipinski definition) is 5. The van der Waals surface area contributed by atoms with Crippen LogP contribution in [-0.2, 0) is 17.8 Å². The molecule has 0 saturated heterocycles. The van der Waals surface area contributed by atoms with Crippen molar-refractivity contribution in [1.29, 1.82) is 0 Å². The summed E-state index contributed by atoms with van der Waals surface area (Å²) in [6, 6.07) is 14.7. The highest BCUT2D eigenvalue weighted by atomic mass is 16.7. The average Bonchev–Trinajstić information content (AvgIpc) is 3.35. The number of nitrogens with zero attached hydrogens (tertiary/aromatic N) is 3. The van der Waals surface area contributed by atoms with Gasteiger partial charge in [0.1, 0.15) is 6.54 Å². The molecule has 0 fully saturated rings. The highest BCUT2D eigenvalue weighted by Gasteiger charge is 2.24. The van der Waals surface area contributed by atoms with Crippen molar-refractivity contribution in [1.82, 2.24) is 9.55 Å². The lowest BCUT2D eigenvalue weighted by atomic mass is 10.1. The van der Waals surface area contributed by atoms with E-state index in [4.69, 9.17) is 9.47 Å². The van der Waals surface area contributed by atoms with Crippen LogP contribution in [0.15, 0.2) is 59.7 Å². The first kappa shape index (κ1) is 16.6. The molecule has 2 aliphatic rings. The van der Waals surface area contributed by atoms with Crippen molar-refractivity contribution in [2.45, 2.75) is 13.0 Å². The Balaban J connectivity index is 1.37. The maximum absolute atomic E-state index is 12.7. The van der Waals surface area contributed by atoms with Gasteiger partial charge in [-0.05, 0) is 36.2 Å². The van der Waals surface area contributed by atoms with Crippen LogP contribution in [0.25, 0.3) is 11.3 Å². The molecular formula is C21H17N3O4. The van der Waals surface area contributed by atoms with Gasteiger partial charge in [0.05, 0.1) is 12.0 Å². The summed E-state index contributed by atoms with van der Waals surface area (Å²) < 4.78 is 12.0. The van der Waals surface area contributed by atoms with Crippen molar-refractivity contribution in [3.63, 3.8) is 0 Å². The van der Waals surface area contributed by atoms with Gasteiger partial charge in [-0.25, -0.2) is 4.98 Å². The monoisotopic (exact) mass is 375 g/mol. The molecule has 2 aromatic carbocycles. The van der Waals surface area contributed by atoms with E-state index >= 15 is 0 Å². The summed E-state index contributed by atoms with van der Waals surface area (Å²) in [5, 5.41) is 0. The van der Waals surface area contributed by atoms with E-state index in [0.29, 0.717) is 23.7 Å². The summed E-state index contributed by atoms with van der Waals surface area (Å²) in [4.78, 5) is 31.3. The molecule has 0 atom stereocenters. The van der Waals surface area contributed by atoms with E-state index in [1.165, 1.54) is 17.0 Å². The van der Waals surface area contributed by atoms with Crippen LogP contribution in [-0.4, -0.2) is 28.8 Å². The van der Waals surface area contributed by atoms with Crippen LogP contribution < -0.4 is 19.9 Å². The Hall–Kier alpha value is -3.61. The fourth-order valence-electron chi connectivity index (χ4n) is 3.59. The molecule has 0 aliphatic carbocycles. The molecular weight excluding hydrogens is 358 g/mol. The maximum Gasteiger partial charge on any atom is 0.254 e. The summed E-state index contributed by atoms with van der Waals surface area (Å²) in [5.74, 6) is 1.18. The van der Waals surface area contributed by atoms with Gasteiger partial charge in [0.2, 0.25) is 12.7 Å². The molecule has 2 aliphatic heterocycles. The topological polar surface area (TPSA) is 73.7 Å². The second-order valence-electron chi connectivity index (χ2n) is 6.73. The van der Waals surface area contributed by atoms with Crippen LogP contribution >= 0.6 is 0 Å². The fraction of sp³-hybridized carbons (Fsp3) is 0.190. The molecule has 0 saturated carbocycles. The van der Waals surface area contributed by atoms with Gasteiger partial charge in [-0.15, -0.1) is 0 Å². The smallest absolute Gasteiger partial charge is 0.254 e. The molecule has 0 bridgehead atoms. The van der Waals surface area contributed by atoms with Crippen LogP contribution in [0.1, 0.15) is 5.56 Å². The summed E-state index contributed by atoms with van der Waals surface area (Å²) in [6.45, 7) is 0.785. The van der Waals surface area contributed by atoms with E-state index in [2.05, 4.69) is 4.98 Å². The standard InChI is InChI=1S/C21H17N3O4/c25-20-10-16(15-5-6-18-19(9-15)28-13-27-18)22-12-23(20)11-21(26)24-8-7-14-3-1-2-4-17(14)24/h1-6,9-10,12H,7-8,11,13H2. The van der Waals surface area contributed by atoms with Crippen molar-refractivity contribution in [2.75, 3.05) is 18.2 Å². The van der Waals surface area contributed by atoms with Gasteiger partial charge in [-0.1, -0.05) is 18.2 Å². The molecule has 0 unspecified atom stereocenters. The lowest BCUT2D eigenvalue weighted by molar-refractivity contribution is -0.119. The molecule has 140 valence electrons. The first-order chi connectivity index (χ1) is 13.7. The number of aromatic nitrogens is 2. The molecule has 0 N–H and O–H groups in total. The molecule has 7 nitrogen and oxygen atoms in total. The minimum absolute atomic E-state index is 0.0401. The van der Waals surface area contributed by atoms with Gasteiger partial charge in [0.15, 0.2) is 11.5 Å². The minimum Gasteiger partial charge on any atom is -0.454 e. The van der Waals surface area contributed by atoms with Gasteiger partial charge < -0.3 is 14.4 Å². The summed E-state index contributed by atoms with van der Waals surface area (Å²) >= 11 is 0. The molecule has 3 heterocycles. The zero-order valence-corrected chi connectivity index (χ0v) is 15.0. The van der Waals surface area contributed by atoms with Crippen molar-refractivity contribution < 1.29 is 14.3 Å². The van der Waals surface area contributed by atoms with Crippen LogP contribution in [0.5, 0.6) is 11.5 Å². The van der Waals surface area contributed by atoms with Gasteiger partial charge in [-0.3, -0.25) is 14.2 Å². The Labute approximate surface area is 160 Å². The fourth-order valence-corrected chi connectivity index (χ4v) is 3.59. The lowest BCUT2D eigenvalue weighted by Gasteiger charge is -2.17. The highest BCUT2D eigenvalue weighted by Crippen LogP contribution is 2.35. The van der Waals surface area contributed by atoms with Gasteiger partial charge in [0, 0.05) is 23.9 Å². The Morgan fingerprint density at radius 2 is 1.93 bits per heavy atom. The van der Waals surface area contributed by atoms with Gasteiger partial charge in [0.25, 0.3) is 5.56 Å². The predicted molar refractivity (Wildman–Crippen MR) is 103 cm³/mol. The molecule has 5 rings (SSSR count). The zero-order valence-electron chi connectivity index (χ0n) is 15.0. The maximum atomic E-state index is 12.7. The summed E-state index contributed by atoms with van der Waals surface area (Å²) in [6.07, 6.45) is 2.25. The van der Waals surface area contributed by atoms with Crippen molar-refractivity contribution in [3.8, 4) is 22.8 Å². The normalized spacial score (nSPS) is 14.2. The number of carbonyl (C=O) groups is 1. The second-order valence-corrected chi connectivity index (χ2v) is 6.73. The quantitative estimate of drug-likeness (QED) is 0.702. The van der Waals surface area contributed by atoms with E-state index in [-0.39, 0.29) is 24.8 Å². The van der Waals surface area contributed by atoms with Gasteiger partial charge in [-0.2, -0.15) is 0 Å². The summed E-state index contributed by atoms with van der Waals surface area (Å²) in [5.41, 5.74) is 3.08. The van der Waals surface area contributed by atoms with Crippen molar-refractivity contribution in [3.05, 3.63) is 70.8 Å². The minimum atomic E-state index is -0.275. The van der Waals surface area contributed by atoms with Crippen molar-refractivity contribution >= 4 is 11.6 Å². The lowest BCUT2D eigenvalue weighted by Crippen LogP contribution is -2.35. The first-order valence-corrected chi connectivity index (χ1v) is 9.04. The molecule has 0 spiro atoms. The van der Waals surface area contributed by atoms with Crippen LogP contribution in [0.2, 0.25) is 0 Å². The molecule has 7 heteroatoms. The second kappa shape index (κ2) is 6.53. The number of fused-ring (bicyclic) bond motifs is 2. The van der Waals surface area contributed by atoms with E-state index in [0.717, 1.165) is 23.2 Å². The molecule has 1 aromatic heterocycles. The predicted octanol–water partition coefficient (Wildman–Crippen LogP) is 2.23. The summed E-state index contributed by atoms with van der Waals surface area (Å²) in [7, 11) is 0. The Bertz CT molecular complexity index is 1140. The number of benzene rings is 2. The number of para-hydroxylation sites is 1. The third-order valence-electron chi connectivity index (χ3n) is 5.04. The van der Waals surface area contributed by atoms with Crippen LogP contribution in [0.4, 0.5) is 5.69 Å². The highest BCUT2D eigenvalue weighted by molar-refractivity contribution is 5.95. The number of anilines is 1. The molecule has 28 heavy (non-hydrogen) atoms. The van der Waals surface area contributed by atoms with Gasteiger partial charge >= 0.3 is 0 Å². The average molecular weight is 375 g/mol. The van der Waals surface area contributed by atoms with E-state index in [1.807, 2.05) is 30.3 Å². The molecule has 1 amide bonds. The number of rotatable bonds is 3. The largest absolute Gasteiger partial charge is 0.454 e. The number of carbonyl (C=O) groups excluding carboxylic acids is 1. The zero-order chi connectivity index (χ0) is 19.1. The van der Waals surface area contributed by atoms with Crippen LogP contribution in [0.3, 0.4) is 0 Å². The number of ether oxygens (including phenoxy) is 2. The van der Waals surface area contributed by atoms with E-state index in [1.54, 1.807) is 17.0 Å². The molecule has 3 aromatic rings. The SMILES string of the molecule is O=C(Cn1cnc(-c2ccc3c(c2)OCO3)cc1=O)N1CCc2ccccc21. The van der Waals surface area contributed by atoms with E-state index < -0.39 is 0 Å². The Morgan fingerprint density at radius 1 is 1.07 bits per heavy atom. The van der Waals surface area contributed by atoms with E-state index in [9.17, 15) is 9.59 Å². The van der Waals surface area contributed by atoms with Crippen molar-refractivity contribution in [2.24, 2.45) is 0 Å². The Morgan fingerprint density at radius 3 is 2.82 bits per heavy atom. The third-order valence-corrected chi connectivity index (χ3v) is 5.04. The number of amides is 1. The van der Waals surface area contributed by atoms with Crippen LogP contribution in [0, 0.1) is 0 Å². The number of hydrogen-bond donors (Lipinski definition) is 0.